The van der Waals surface area contributed by atoms with Gasteiger partial charge in [-0.3, -0.25) is 0 Å². The van der Waals surface area contributed by atoms with E-state index >= 15 is 0 Å². The van der Waals surface area contributed by atoms with Gasteiger partial charge in [-0.1, -0.05) is 57.9 Å². The van der Waals surface area contributed by atoms with Crippen LogP contribution in [0.4, 0.5) is 4.39 Å². The summed E-state index contributed by atoms with van der Waals surface area (Å²) < 4.78 is 25.7. The van der Waals surface area contributed by atoms with E-state index in [1.54, 1.807) is 12.1 Å². The molecule has 152 valence electrons. The minimum Gasteiger partial charge on any atom is -0.490 e. The maximum atomic E-state index is 13.0. The summed E-state index contributed by atoms with van der Waals surface area (Å²) in [7, 11) is 0. The molecular weight excluding hydrogens is 457 g/mol. The molecule has 3 nitrogen and oxygen atoms in total. The SMILES string of the molecule is CCOc1cc(CNCc2ccc(F)cc2)c(Br)cc1OCc1ccccc1Cl. The van der Waals surface area contributed by atoms with Crippen LogP contribution in [0.15, 0.2) is 65.1 Å². The number of rotatable bonds is 9. The van der Waals surface area contributed by atoms with Gasteiger partial charge in [0.15, 0.2) is 11.5 Å². The number of hydrogen-bond donors (Lipinski definition) is 1. The van der Waals surface area contributed by atoms with E-state index < -0.39 is 0 Å². The third-order valence-electron chi connectivity index (χ3n) is 4.31. The first kappa shape index (κ1) is 21.6. The van der Waals surface area contributed by atoms with E-state index in [9.17, 15) is 4.39 Å². The first-order valence-electron chi connectivity index (χ1n) is 9.33. The predicted octanol–water partition coefficient (Wildman–Crippen LogP) is 6.51. The number of ether oxygens (including phenoxy) is 2. The largest absolute Gasteiger partial charge is 0.490 e. The summed E-state index contributed by atoms with van der Waals surface area (Å²) in [5, 5.41) is 4.04. The zero-order chi connectivity index (χ0) is 20.6. The highest BCUT2D eigenvalue weighted by molar-refractivity contribution is 9.10. The van der Waals surface area contributed by atoms with Crippen LogP contribution in [0.2, 0.25) is 5.02 Å². The molecule has 0 bridgehead atoms. The maximum Gasteiger partial charge on any atom is 0.162 e. The Kier molecular flexibility index (Phi) is 7.92. The van der Waals surface area contributed by atoms with Gasteiger partial charge in [-0.05, 0) is 48.4 Å². The van der Waals surface area contributed by atoms with Crippen molar-refractivity contribution in [3.63, 3.8) is 0 Å². The lowest BCUT2D eigenvalue weighted by Gasteiger charge is -2.16. The van der Waals surface area contributed by atoms with Crippen molar-refractivity contribution in [2.45, 2.75) is 26.6 Å². The summed E-state index contributed by atoms with van der Waals surface area (Å²) in [5.41, 5.74) is 2.98. The molecule has 0 saturated carbocycles. The van der Waals surface area contributed by atoms with Crippen molar-refractivity contribution in [3.8, 4) is 11.5 Å². The molecule has 0 unspecified atom stereocenters. The Hall–Kier alpha value is -2.08. The van der Waals surface area contributed by atoms with Crippen LogP contribution in [0.25, 0.3) is 0 Å². The van der Waals surface area contributed by atoms with E-state index in [1.807, 2.05) is 43.3 Å². The van der Waals surface area contributed by atoms with Crippen LogP contribution in [0.3, 0.4) is 0 Å². The van der Waals surface area contributed by atoms with E-state index in [4.69, 9.17) is 21.1 Å². The van der Waals surface area contributed by atoms with Gasteiger partial charge < -0.3 is 14.8 Å². The molecule has 1 N–H and O–H groups in total. The molecule has 0 amide bonds. The third-order valence-corrected chi connectivity index (χ3v) is 5.42. The van der Waals surface area contributed by atoms with Gasteiger partial charge >= 0.3 is 0 Å². The Morgan fingerprint density at radius 1 is 0.931 bits per heavy atom. The van der Waals surface area contributed by atoms with Gasteiger partial charge in [-0.2, -0.15) is 0 Å². The molecule has 0 radical (unpaired) electrons. The third kappa shape index (κ3) is 6.20. The van der Waals surface area contributed by atoms with E-state index in [-0.39, 0.29) is 5.82 Å². The van der Waals surface area contributed by atoms with Gasteiger partial charge in [0.25, 0.3) is 0 Å². The Balaban J connectivity index is 1.68. The van der Waals surface area contributed by atoms with Crippen molar-refractivity contribution in [1.82, 2.24) is 5.32 Å². The van der Waals surface area contributed by atoms with Crippen molar-refractivity contribution in [2.24, 2.45) is 0 Å². The first-order chi connectivity index (χ1) is 14.1. The Morgan fingerprint density at radius 2 is 1.66 bits per heavy atom. The average Bonchev–Trinajstić information content (AvgIpc) is 2.71. The average molecular weight is 479 g/mol. The second-order valence-electron chi connectivity index (χ2n) is 6.43. The zero-order valence-electron chi connectivity index (χ0n) is 16.1. The lowest BCUT2D eigenvalue weighted by molar-refractivity contribution is 0.269. The zero-order valence-corrected chi connectivity index (χ0v) is 18.4. The summed E-state index contributed by atoms with van der Waals surface area (Å²) in [5.74, 6) is 1.10. The van der Waals surface area contributed by atoms with Crippen molar-refractivity contribution >= 4 is 27.5 Å². The molecule has 0 aliphatic carbocycles. The van der Waals surface area contributed by atoms with Crippen LogP contribution in [0.5, 0.6) is 11.5 Å². The summed E-state index contributed by atoms with van der Waals surface area (Å²) in [4.78, 5) is 0. The van der Waals surface area contributed by atoms with Crippen LogP contribution in [0.1, 0.15) is 23.6 Å². The van der Waals surface area contributed by atoms with Crippen molar-refractivity contribution in [3.05, 3.63) is 92.7 Å². The van der Waals surface area contributed by atoms with E-state index in [0.29, 0.717) is 42.8 Å². The van der Waals surface area contributed by atoms with Crippen molar-refractivity contribution < 1.29 is 13.9 Å². The highest BCUT2D eigenvalue weighted by Crippen LogP contribution is 2.35. The van der Waals surface area contributed by atoms with Gasteiger partial charge in [-0.25, -0.2) is 4.39 Å². The molecule has 0 fully saturated rings. The van der Waals surface area contributed by atoms with E-state index in [2.05, 4.69) is 21.2 Å². The second-order valence-corrected chi connectivity index (χ2v) is 7.70. The molecule has 3 aromatic carbocycles. The normalized spacial score (nSPS) is 10.8. The van der Waals surface area contributed by atoms with Gasteiger partial charge in [0, 0.05) is 28.1 Å². The molecule has 0 spiro atoms. The second kappa shape index (κ2) is 10.6. The smallest absolute Gasteiger partial charge is 0.162 e. The number of nitrogens with one attached hydrogen (secondary N) is 1. The molecule has 0 aliphatic rings. The molecule has 3 rings (SSSR count). The van der Waals surface area contributed by atoms with Gasteiger partial charge in [0.1, 0.15) is 12.4 Å². The molecule has 6 heteroatoms. The van der Waals surface area contributed by atoms with Crippen LogP contribution in [-0.4, -0.2) is 6.61 Å². The Bertz CT molecular complexity index is 950. The fraction of sp³-hybridized carbons (Fsp3) is 0.217. The standard InChI is InChI=1S/C23H22BrClFNO2/c1-2-28-22-11-18(14-27-13-16-7-9-19(26)10-8-16)20(24)12-23(22)29-15-17-5-3-4-6-21(17)25/h3-12,27H,2,13-15H2,1H3. The van der Waals surface area contributed by atoms with Crippen molar-refractivity contribution in [2.75, 3.05) is 6.61 Å². The summed E-state index contributed by atoms with van der Waals surface area (Å²) in [6.45, 7) is 4.09. The number of halogens is 3. The van der Waals surface area contributed by atoms with Crippen LogP contribution in [0, 0.1) is 5.82 Å². The molecular formula is C23H22BrClFNO2. The van der Waals surface area contributed by atoms with Gasteiger partial charge in [0.05, 0.1) is 6.61 Å². The molecule has 29 heavy (non-hydrogen) atoms. The molecule has 0 aromatic heterocycles. The molecule has 0 aliphatic heterocycles. The summed E-state index contributed by atoms with van der Waals surface area (Å²) >= 11 is 9.83. The Morgan fingerprint density at radius 3 is 2.38 bits per heavy atom. The number of hydrogen-bond acceptors (Lipinski definition) is 3. The molecule has 0 saturated heterocycles. The molecule has 0 heterocycles. The fourth-order valence-corrected chi connectivity index (χ4v) is 3.46. The fourth-order valence-electron chi connectivity index (χ4n) is 2.81. The maximum absolute atomic E-state index is 13.0. The lowest BCUT2D eigenvalue weighted by Crippen LogP contribution is -2.13. The highest BCUT2D eigenvalue weighted by atomic mass is 79.9. The minimum absolute atomic E-state index is 0.231. The van der Waals surface area contributed by atoms with Gasteiger partial charge in [-0.15, -0.1) is 0 Å². The summed E-state index contributed by atoms with van der Waals surface area (Å²) in [6.07, 6.45) is 0. The molecule has 0 atom stereocenters. The monoisotopic (exact) mass is 477 g/mol. The quantitative estimate of drug-likeness (QED) is 0.380. The highest BCUT2D eigenvalue weighted by Gasteiger charge is 2.12. The van der Waals surface area contributed by atoms with E-state index in [0.717, 1.165) is 21.2 Å². The lowest BCUT2D eigenvalue weighted by atomic mass is 10.1. The van der Waals surface area contributed by atoms with Crippen LogP contribution < -0.4 is 14.8 Å². The summed E-state index contributed by atoms with van der Waals surface area (Å²) in [6, 6.07) is 18.0. The van der Waals surface area contributed by atoms with Crippen LogP contribution >= 0.6 is 27.5 Å². The predicted molar refractivity (Wildman–Crippen MR) is 118 cm³/mol. The van der Waals surface area contributed by atoms with Crippen LogP contribution in [-0.2, 0) is 19.7 Å². The minimum atomic E-state index is -0.231. The topological polar surface area (TPSA) is 30.5 Å². The molecule has 3 aromatic rings. The van der Waals surface area contributed by atoms with Gasteiger partial charge in [0.2, 0.25) is 0 Å². The van der Waals surface area contributed by atoms with E-state index in [1.165, 1.54) is 12.1 Å². The number of benzene rings is 3. The first-order valence-corrected chi connectivity index (χ1v) is 10.5. The Labute approximate surface area is 183 Å². The van der Waals surface area contributed by atoms with Crippen molar-refractivity contribution in [1.29, 1.82) is 0 Å².